The molecular weight excluding hydrogens is 533 g/mol. The van der Waals surface area contributed by atoms with Crippen molar-refractivity contribution >= 4 is 28.6 Å². The van der Waals surface area contributed by atoms with Gasteiger partial charge in [0, 0.05) is 35.1 Å². The molecule has 10 nitrogen and oxygen atoms in total. The number of rotatable bonds is 5. The zero-order valence-corrected chi connectivity index (χ0v) is 22.5. The molecule has 4 aromatic heterocycles. The first kappa shape index (κ1) is 24.6. The highest BCUT2D eigenvalue weighted by atomic mass is 19.1. The number of H-pyrrole nitrogens is 1. The molecule has 0 radical (unpaired) electrons. The number of pyridine rings is 3. The van der Waals surface area contributed by atoms with E-state index in [0.29, 0.717) is 28.5 Å². The van der Waals surface area contributed by atoms with Gasteiger partial charge in [0.2, 0.25) is 5.91 Å². The molecule has 1 saturated heterocycles. The van der Waals surface area contributed by atoms with E-state index >= 15 is 4.39 Å². The topological polar surface area (TPSA) is 143 Å². The van der Waals surface area contributed by atoms with E-state index in [1.165, 1.54) is 0 Å². The van der Waals surface area contributed by atoms with Gasteiger partial charge in [-0.15, -0.1) is 0 Å². The lowest BCUT2D eigenvalue weighted by Gasteiger charge is -2.19. The summed E-state index contributed by atoms with van der Waals surface area (Å²) in [4.78, 5) is 38.9. The van der Waals surface area contributed by atoms with Crippen molar-refractivity contribution in [2.75, 3.05) is 17.3 Å². The predicted molar refractivity (Wildman–Crippen MR) is 156 cm³/mol. The molecule has 1 unspecified atom stereocenters. The van der Waals surface area contributed by atoms with Gasteiger partial charge in [0.05, 0.1) is 46.4 Å². The van der Waals surface area contributed by atoms with Crippen molar-refractivity contribution in [2.45, 2.75) is 31.7 Å². The first-order valence-electron chi connectivity index (χ1n) is 14.1. The van der Waals surface area contributed by atoms with Gasteiger partial charge in [0.25, 0.3) is 0 Å². The number of allylic oxidation sites excluding steroid dienone is 2. The summed E-state index contributed by atoms with van der Waals surface area (Å²) in [5.41, 5.74) is 6.68. The fraction of sp³-hybridized carbons (Fsp3) is 0.226. The van der Waals surface area contributed by atoms with E-state index in [9.17, 15) is 4.79 Å². The number of hydrogen-bond donors (Lipinski definition) is 4. The van der Waals surface area contributed by atoms with E-state index in [-0.39, 0.29) is 35.8 Å². The van der Waals surface area contributed by atoms with Crippen molar-refractivity contribution in [3.05, 3.63) is 101 Å². The summed E-state index contributed by atoms with van der Waals surface area (Å²) >= 11 is 0. The molecule has 2 aliphatic carbocycles. The highest BCUT2D eigenvalue weighted by molar-refractivity contribution is 6.15. The Balaban J connectivity index is 1.16. The normalized spacial score (nSPS) is 18.7. The number of carbonyl (C=O) groups is 1. The number of nitrogens with zero attached hydrogens (tertiary/aromatic N) is 5. The summed E-state index contributed by atoms with van der Waals surface area (Å²) in [6, 6.07) is 7.47. The van der Waals surface area contributed by atoms with E-state index in [1.54, 1.807) is 30.9 Å². The largest absolute Gasteiger partial charge is 0.373 e. The van der Waals surface area contributed by atoms with Gasteiger partial charge in [-0.2, -0.15) is 0 Å². The third-order valence-electron chi connectivity index (χ3n) is 8.18. The van der Waals surface area contributed by atoms with Gasteiger partial charge in [-0.1, -0.05) is 18.9 Å². The molecule has 2 fully saturated rings. The Morgan fingerprint density at radius 1 is 1.05 bits per heavy atom. The number of fused-ring (bicyclic) bond motifs is 4. The number of carbonyl (C=O) groups excluding carboxylic acids is 1. The van der Waals surface area contributed by atoms with Crippen LogP contribution in [0.15, 0.2) is 71.9 Å². The molecule has 4 N–H and O–H groups in total. The summed E-state index contributed by atoms with van der Waals surface area (Å²) in [5.74, 6) is -0.0993. The lowest BCUT2D eigenvalue weighted by Crippen LogP contribution is -2.21. The molecule has 2 aliphatic heterocycles. The maximum atomic E-state index is 16.4. The van der Waals surface area contributed by atoms with Crippen LogP contribution < -0.4 is 16.0 Å². The number of nitrogens with one attached hydrogen (secondary N) is 4. The van der Waals surface area contributed by atoms with Crippen LogP contribution in [0.1, 0.15) is 60.2 Å². The van der Waals surface area contributed by atoms with Crippen LogP contribution in [-0.4, -0.2) is 43.2 Å². The van der Waals surface area contributed by atoms with E-state index < -0.39 is 5.82 Å². The van der Waals surface area contributed by atoms with Gasteiger partial charge < -0.3 is 20.9 Å². The Bertz CT molecular complexity index is 1840. The van der Waals surface area contributed by atoms with Crippen LogP contribution in [0.25, 0.3) is 16.8 Å². The molecule has 42 heavy (non-hydrogen) atoms. The molecule has 1 atom stereocenters. The van der Waals surface area contributed by atoms with Crippen molar-refractivity contribution in [3.8, 4) is 11.3 Å². The van der Waals surface area contributed by atoms with Crippen LogP contribution in [0, 0.1) is 11.7 Å². The Hall–Kier alpha value is -5.19. The van der Waals surface area contributed by atoms with E-state index in [0.717, 1.165) is 54.0 Å². The van der Waals surface area contributed by atoms with Gasteiger partial charge in [-0.3, -0.25) is 24.7 Å². The molecule has 6 heterocycles. The number of aromatic amines is 1. The van der Waals surface area contributed by atoms with Crippen LogP contribution in [0.4, 0.5) is 15.8 Å². The second-order valence-corrected chi connectivity index (χ2v) is 10.8. The SMILES string of the molecule is O=C(Nc1cncc(-c2ncc3c(c2F)C(c2nc4c([nH]2)C2NC2=CC=C4c2ccccn2)=NCN3)c1)C1CCCC1. The summed E-state index contributed by atoms with van der Waals surface area (Å²) in [6.07, 6.45) is 14.4. The molecule has 11 heteroatoms. The van der Waals surface area contributed by atoms with Gasteiger partial charge in [0.15, 0.2) is 11.6 Å². The maximum Gasteiger partial charge on any atom is 0.227 e. The predicted octanol–water partition coefficient (Wildman–Crippen LogP) is 4.72. The molecule has 4 aromatic rings. The Labute approximate surface area is 240 Å². The molecule has 1 saturated carbocycles. The van der Waals surface area contributed by atoms with Crippen LogP contribution in [0.2, 0.25) is 0 Å². The Morgan fingerprint density at radius 3 is 2.81 bits per heavy atom. The van der Waals surface area contributed by atoms with Crippen LogP contribution in [0.5, 0.6) is 0 Å². The van der Waals surface area contributed by atoms with Gasteiger partial charge in [0.1, 0.15) is 24.1 Å². The number of imidazole rings is 1. The monoisotopic (exact) mass is 559 g/mol. The summed E-state index contributed by atoms with van der Waals surface area (Å²) in [6.45, 7) is 0.258. The molecule has 0 aromatic carbocycles. The highest BCUT2D eigenvalue weighted by Gasteiger charge is 2.38. The number of hydrogen-bond acceptors (Lipinski definition) is 8. The number of aromatic nitrogens is 5. The summed E-state index contributed by atoms with van der Waals surface area (Å²) in [5, 5.41) is 9.44. The maximum absolute atomic E-state index is 16.4. The summed E-state index contributed by atoms with van der Waals surface area (Å²) in [7, 11) is 0. The fourth-order valence-corrected chi connectivity index (χ4v) is 5.99. The standard InChI is InChI=1S/C31H26FN9O/c32-24-23-22(14-35-25(24)17-11-18(13-33-12-17)38-31(42)16-5-1-2-6-16)36-15-37-28(23)30-40-26-19(20-7-3-4-10-34-20)8-9-21-27(39-21)29(26)41-30/h3-4,7-14,16,27,36,39H,1-2,5-6,15H2,(H,38,42)(H,40,41). The molecule has 208 valence electrons. The van der Waals surface area contributed by atoms with Gasteiger partial charge >= 0.3 is 0 Å². The van der Waals surface area contributed by atoms with Crippen molar-refractivity contribution in [3.63, 3.8) is 0 Å². The van der Waals surface area contributed by atoms with Crippen molar-refractivity contribution < 1.29 is 9.18 Å². The summed E-state index contributed by atoms with van der Waals surface area (Å²) < 4.78 is 16.4. The van der Waals surface area contributed by atoms with E-state index in [4.69, 9.17) is 4.98 Å². The number of aliphatic imine (C=N–C) groups is 1. The molecular formula is C31H26FN9O. The fourth-order valence-electron chi connectivity index (χ4n) is 5.99. The van der Waals surface area contributed by atoms with Crippen LogP contribution >= 0.6 is 0 Å². The van der Waals surface area contributed by atoms with Crippen molar-refractivity contribution in [1.29, 1.82) is 0 Å². The first-order valence-corrected chi connectivity index (χ1v) is 14.1. The van der Waals surface area contributed by atoms with Crippen molar-refractivity contribution in [2.24, 2.45) is 10.9 Å². The Kier molecular flexibility index (Phi) is 5.69. The van der Waals surface area contributed by atoms with Gasteiger partial charge in [-0.25, -0.2) is 9.37 Å². The quantitative estimate of drug-likeness (QED) is 0.259. The first-order chi connectivity index (χ1) is 20.6. The second kappa shape index (κ2) is 9.72. The van der Waals surface area contributed by atoms with Gasteiger partial charge in [-0.05, 0) is 43.2 Å². The minimum atomic E-state index is -0.545. The molecule has 4 aliphatic rings. The zero-order valence-electron chi connectivity index (χ0n) is 22.5. The van der Waals surface area contributed by atoms with E-state index in [2.05, 4.69) is 40.9 Å². The highest BCUT2D eigenvalue weighted by Crippen LogP contribution is 2.41. The molecule has 8 rings (SSSR count). The molecule has 0 spiro atoms. The average molecular weight is 560 g/mol. The number of anilines is 2. The third kappa shape index (κ3) is 4.16. The number of amides is 1. The smallest absolute Gasteiger partial charge is 0.227 e. The van der Waals surface area contributed by atoms with E-state index in [1.807, 2.05) is 30.4 Å². The molecule has 1 amide bonds. The van der Waals surface area contributed by atoms with Crippen LogP contribution in [0.3, 0.4) is 0 Å². The van der Waals surface area contributed by atoms with Crippen molar-refractivity contribution in [1.82, 2.24) is 30.2 Å². The average Bonchev–Trinajstić information content (AvgIpc) is 3.38. The second-order valence-electron chi connectivity index (χ2n) is 10.8. The number of halogens is 1. The Morgan fingerprint density at radius 2 is 1.95 bits per heavy atom. The lowest BCUT2D eigenvalue weighted by atomic mass is 10.0. The minimum Gasteiger partial charge on any atom is -0.373 e. The third-order valence-corrected chi connectivity index (χ3v) is 8.18. The lowest BCUT2D eigenvalue weighted by molar-refractivity contribution is -0.119. The zero-order chi connectivity index (χ0) is 28.2. The minimum absolute atomic E-state index is 0.00552. The molecule has 0 bridgehead atoms. The van der Waals surface area contributed by atoms with Crippen LogP contribution in [-0.2, 0) is 4.79 Å².